The van der Waals surface area contributed by atoms with Gasteiger partial charge in [0.2, 0.25) is 17.6 Å². The van der Waals surface area contributed by atoms with Gasteiger partial charge in [-0.1, -0.05) is 33.1 Å². The summed E-state index contributed by atoms with van der Waals surface area (Å²) in [6.45, 7) is 4.77. The zero-order valence-electron chi connectivity index (χ0n) is 21.4. The molecule has 2 fully saturated rings. The van der Waals surface area contributed by atoms with Gasteiger partial charge in [0.25, 0.3) is 0 Å². The third-order valence-corrected chi connectivity index (χ3v) is 7.67. The van der Waals surface area contributed by atoms with Crippen LogP contribution in [0.25, 0.3) is 0 Å². The number of carbonyl (C=O) groups is 3. The predicted molar refractivity (Wildman–Crippen MR) is 144 cm³/mol. The highest BCUT2D eigenvalue weighted by Crippen LogP contribution is 2.36. The number of hydrogen-bond acceptors (Lipinski definition) is 6. The zero-order valence-corrected chi connectivity index (χ0v) is 22.2. The third kappa shape index (κ3) is 6.76. The SMILES string of the molecule is CC.CNCC(=O)N[C@H](C(=O)N1CCC[C@H]1c1nc(C(=O)c2ccc(F)cc2)cs1)C1CCCCC1.[HH].[HH]. The molecule has 2 atom stereocenters. The first-order chi connectivity index (χ1) is 17.5. The van der Waals surface area contributed by atoms with Gasteiger partial charge >= 0.3 is 0 Å². The lowest BCUT2D eigenvalue weighted by Gasteiger charge is -2.34. The van der Waals surface area contributed by atoms with Crippen molar-refractivity contribution in [2.45, 2.75) is 70.9 Å². The van der Waals surface area contributed by atoms with Crippen LogP contribution in [0.15, 0.2) is 29.6 Å². The molecule has 1 aromatic heterocycles. The smallest absolute Gasteiger partial charge is 0.246 e. The number of hydrogen-bond donors (Lipinski definition) is 2. The number of nitrogens with zero attached hydrogens (tertiary/aromatic N) is 2. The van der Waals surface area contributed by atoms with E-state index < -0.39 is 11.9 Å². The number of amides is 2. The highest BCUT2D eigenvalue weighted by molar-refractivity contribution is 7.10. The monoisotopic (exact) mass is 520 g/mol. The maximum Gasteiger partial charge on any atom is 0.246 e. The van der Waals surface area contributed by atoms with Crippen molar-refractivity contribution >= 4 is 28.9 Å². The molecule has 2 heterocycles. The summed E-state index contributed by atoms with van der Waals surface area (Å²) >= 11 is 1.37. The van der Waals surface area contributed by atoms with Crippen molar-refractivity contribution in [3.8, 4) is 0 Å². The van der Waals surface area contributed by atoms with E-state index in [-0.39, 0.29) is 39.0 Å². The number of nitrogens with one attached hydrogen (secondary N) is 2. The second-order valence-corrected chi connectivity index (χ2v) is 9.96. The van der Waals surface area contributed by atoms with Crippen LogP contribution in [-0.4, -0.2) is 53.7 Å². The van der Waals surface area contributed by atoms with Gasteiger partial charge in [-0.05, 0) is 62.9 Å². The highest BCUT2D eigenvalue weighted by Gasteiger charge is 2.39. The van der Waals surface area contributed by atoms with Gasteiger partial charge in [-0.25, -0.2) is 9.37 Å². The van der Waals surface area contributed by atoms with Crippen LogP contribution in [0.3, 0.4) is 0 Å². The van der Waals surface area contributed by atoms with Gasteiger partial charge in [-0.15, -0.1) is 11.3 Å². The summed E-state index contributed by atoms with van der Waals surface area (Å²) in [6.07, 6.45) is 6.79. The number of ketones is 1. The van der Waals surface area contributed by atoms with Gasteiger partial charge in [-0.2, -0.15) is 0 Å². The quantitative estimate of drug-likeness (QED) is 0.479. The van der Waals surface area contributed by atoms with Gasteiger partial charge in [0.05, 0.1) is 12.6 Å². The second-order valence-electron chi connectivity index (χ2n) is 9.07. The molecule has 1 aliphatic heterocycles. The lowest BCUT2D eigenvalue weighted by molar-refractivity contribution is -0.139. The second kappa shape index (κ2) is 13.6. The molecule has 9 heteroatoms. The Balaban J connectivity index is 0.00000176. The Bertz CT molecular complexity index is 1030. The molecular weight excluding hydrogens is 479 g/mol. The summed E-state index contributed by atoms with van der Waals surface area (Å²) < 4.78 is 13.2. The number of carbonyl (C=O) groups excluding carboxylic acids is 3. The zero-order chi connectivity index (χ0) is 26.1. The fourth-order valence-corrected chi connectivity index (χ4v) is 5.94. The maximum atomic E-state index is 13.7. The highest BCUT2D eigenvalue weighted by atomic mass is 32.1. The van der Waals surface area contributed by atoms with Gasteiger partial charge in [0, 0.05) is 20.3 Å². The number of thiazole rings is 1. The van der Waals surface area contributed by atoms with E-state index in [0.717, 1.165) is 50.0 Å². The van der Waals surface area contributed by atoms with E-state index in [0.29, 0.717) is 17.8 Å². The summed E-state index contributed by atoms with van der Waals surface area (Å²) in [6, 6.07) is 4.66. The Kier molecular flexibility index (Phi) is 10.6. The van der Waals surface area contributed by atoms with Crippen LogP contribution in [0.2, 0.25) is 0 Å². The van der Waals surface area contributed by atoms with Gasteiger partial charge in [-0.3, -0.25) is 14.4 Å². The molecule has 200 valence electrons. The Labute approximate surface area is 219 Å². The third-order valence-electron chi connectivity index (χ3n) is 6.72. The Morgan fingerprint density at radius 1 is 1.11 bits per heavy atom. The van der Waals surface area contributed by atoms with E-state index in [1.807, 2.05) is 18.7 Å². The van der Waals surface area contributed by atoms with Crippen molar-refractivity contribution < 1.29 is 21.6 Å². The minimum Gasteiger partial charge on any atom is -0.343 e. The lowest BCUT2D eigenvalue weighted by atomic mass is 9.83. The van der Waals surface area contributed by atoms with Gasteiger partial charge < -0.3 is 15.5 Å². The van der Waals surface area contributed by atoms with Crippen LogP contribution in [-0.2, 0) is 9.59 Å². The molecule has 1 aliphatic carbocycles. The standard InChI is InChI=1S/C25H31FN4O3S.C2H6.2H2/c1-27-14-21(31)29-22(16-6-3-2-4-7-16)25(33)30-13-5-8-20(30)24-28-19(15-34-24)23(32)17-9-11-18(26)12-10-17;1-2;;/h9-12,15-16,20,22,27H,2-8,13-14H2,1H3,(H,29,31);1-2H3;2*1H/t20-,22-;;;/m0.../s1. The fraction of sp³-hybridized carbons (Fsp3) is 0.556. The van der Waals surface area contributed by atoms with Crippen LogP contribution in [0, 0.1) is 11.7 Å². The van der Waals surface area contributed by atoms with Crippen LogP contribution in [0.4, 0.5) is 4.39 Å². The van der Waals surface area contributed by atoms with E-state index in [1.54, 1.807) is 12.4 Å². The van der Waals surface area contributed by atoms with Crippen molar-refractivity contribution in [3.05, 3.63) is 51.7 Å². The molecule has 7 nitrogen and oxygen atoms in total. The first kappa shape index (κ1) is 27.9. The Hall–Kier alpha value is -2.65. The molecule has 2 N–H and O–H groups in total. The average molecular weight is 521 g/mol. The Morgan fingerprint density at radius 3 is 2.47 bits per heavy atom. The molecule has 2 amide bonds. The maximum absolute atomic E-state index is 13.7. The van der Waals surface area contributed by atoms with E-state index in [4.69, 9.17) is 0 Å². The van der Waals surface area contributed by atoms with E-state index >= 15 is 0 Å². The summed E-state index contributed by atoms with van der Waals surface area (Å²) in [7, 11) is 1.71. The number of halogens is 1. The summed E-state index contributed by atoms with van der Waals surface area (Å²) in [5.74, 6) is -0.762. The fourth-order valence-electron chi connectivity index (χ4n) is 4.99. The number of likely N-dealkylation sites (tertiary alicyclic amines) is 1. The van der Waals surface area contributed by atoms with Crippen molar-refractivity contribution in [2.75, 3.05) is 20.1 Å². The minimum absolute atomic E-state index is 0. The molecule has 0 bridgehead atoms. The molecular formula is C27H41FN4O3S. The largest absolute Gasteiger partial charge is 0.343 e. The summed E-state index contributed by atoms with van der Waals surface area (Å²) in [4.78, 5) is 45.3. The number of likely N-dealkylation sites (N-methyl/N-ethyl adjacent to an activating group) is 1. The molecule has 1 saturated carbocycles. The average Bonchev–Trinajstić information content (AvgIpc) is 3.59. The number of rotatable bonds is 8. The molecule has 1 saturated heterocycles. The number of benzene rings is 1. The van der Waals surface area contributed by atoms with E-state index in [1.165, 1.54) is 35.6 Å². The van der Waals surface area contributed by atoms with E-state index in [2.05, 4.69) is 15.6 Å². The van der Waals surface area contributed by atoms with Crippen molar-refractivity contribution in [3.63, 3.8) is 0 Å². The van der Waals surface area contributed by atoms with Gasteiger partial charge in [0.1, 0.15) is 22.6 Å². The molecule has 0 radical (unpaired) electrons. The summed E-state index contributed by atoms with van der Waals surface area (Å²) in [5, 5.41) is 8.27. The van der Waals surface area contributed by atoms with Crippen LogP contribution < -0.4 is 10.6 Å². The van der Waals surface area contributed by atoms with Crippen molar-refractivity contribution in [2.24, 2.45) is 5.92 Å². The van der Waals surface area contributed by atoms with Crippen LogP contribution in [0.1, 0.15) is 88.7 Å². The molecule has 0 spiro atoms. The molecule has 4 rings (SSSR count). The Morgan fingerprint density at radius 2 is 1.81 bits per heavy atom. The van der Waals surface area contributed by atoms with Crippen LogP contribution in [0.5, 0.6) is 0 Å². The molecule has 0 unspecified atom stereocenters. The summed E-state index contributed by atoms with van der Waals surface area (Å²) in [5.41, 5.74) is 0.680. The van der Waals surface area contributed by atoms with Crippen LogP contribution >= 0.6 is 11.3 Å². The number of aromatic nitrogens is 1. The topological polar surface area (TPSA) is 91.4 Å². The molecule has 1 aromatic carbocycles. The predicted octanol–water partition coefficient (Wildman–Crippen LogP) is 4.98. The normalized spacial score (nSPS) is 18.8. The van der Waals surface area contributed by atoms with Gasteiger partial charge in [0.15, 0.2) is 0 Å². The molecule has 36 heavy (non-hydrogen) atoms. The lowest BCUT2D eigenvalue weighted by Crippen LogP contribution is -2.53. The van der Waals surface area contributed by atoms with Crippen molar-refractivity contribution in [1.82, 2.24) is 20.5 Å². The molecule has 2 aromatic rings. The first-order valence-corrected chi connectivity index (χ1v) is 13.9. The molecule has 2 aliphatic rings. The van der Waals surface area contributed by atoms with E-state index in [9.17, 15) is 18.8 Å². The van der Waals surface area contributed by atoms with Crippen molar-refractivity contribution in [1.29, 1.82) is 0 Å². The minimum atomic E-state index is -0.540. The first-order valence-electron chi connectivity index (χ1n) is 13.0.